The minimum Gasteiger partial charge on any atom is -0.268 e. The van der Waals surface area contributed by atoms with Crippen molar-refractivity contribution < 1.29 is 4.39 Å². The van der Waals surface area contributed by atoms with Crippen molar-refractivity contribution in [3.8, 4) is 6.07 Å². The van der Waals surface area contributed by atoms with Gasteiger partial charge >= 0.3 is 0 Å². The van der Waals surface area contributed by atoms with E-state index < -0.39 is 5.82 Å². The molecular formula is C14H12FN3O. The third-order valence-electron chi connectivity index (χ3n) is 3.15. The number of nitrogens with one attached hydrogen (secondary N) is 1. The van der Waals surface area contributed by atoms with E-state index in [1.54, 1.807) is 19.1 Å². The number of aromatic nitrogens is 2. The van der Waals surface area contributed by atoms with Crippen LogP contribution in [0.2, 0.25) is 0 Å². The summed E-state index contributed by atoms with van der Waals surface area (Å²) in [5.74, 6) is -0.534. The number of H-pyrrole nitrogens is 1. The first-order chi connectivity index (χ1) is 9.02. The lowest BCUT2D eigenvalue weighted by Gasteiger charge is -2.07. The smallest absolute Gasteiger partial charge is 0.267 e. The minimum absolute atomic E-state index is 0.0105. The average Bonchev–Trinajstić information content (AvgIpc) is 2.41. The molecule has 1 heterocycles. The quantitative estimate of drug-likeness (QED) is 0.894. The van der Waals surface area contributed by atoms with E-state index in [1.165, 1.54) is 12.1 Å². The lowest BCUT2D eigenvalue weighted by atomic mass is 10.0. The molecule has 0 unspecified atom stereocenters. The van der Waals surface area contributed by atoms with Gasteiger partial charge in [-0.25, -0.2) is 9.49 Å². The van der Waals surface area contributed by atoms with Gasteiger partial charge in [0.1, 0.15) is 11.9 Å². The van der Waals surface area contributed by atoms with Crippen LogP contribution < -0.4 is 5.56 Å². The van der Waals surface area contributed by atoms with Crippen molar-refractivity contribution in [1.82, 2.24) is 10.2 Å². The normalized spacial score (nSPS) is 10.2. The molecule has 0 saturated heterocycles. The molecule has 0 atom stereocenters. The van der Waals surface area contributed by atoms with Gasteiger partial charge in [-0.15, -0.1) is 0 Å². The van der Waals surface area contributed by atoms with Crippen molar-refractivity contribution in [2.45, 2.75) is 20.3 Å². The van der Waals surface area contributed by atoms with Crippen molar-refractivity contribution in [1.29, 1.82) is 5.26 Å². The number of rotatable bonds is 2. The summed E-state index contributed by atoms with van der Waals surface area (Å²) in [6.07, 6.45) is 0.443. The van der Waals surface area contributed by atoms with Crippen LogP contribution in [0.4, 0.5) is 4.39 Å². The molecule has 1 aromatic carbocycles. The third-order valence-corrected chi connectivity index (χ3v) is 3.15. The van der Waals surface area contributed by atoms with E-state index in [1.807, 2.05) is 6.92 Å². The maximum Gasteiger partial charge on any atom is 0.267 e. The molecule has 96 valence electrons. The molecule has 5 heteroatoms. The molecule has 0 radical (unpaired) electrons. The first kappa shape index (κ1) is 13.0. The fourth-order valence-corrected chi connectivity index (χ4v) is 1.81. The van der Waals surface area contributed by atoms with E-state index in [4.69, 9.17) is 5.26 Å². The van der Waals surface area contributed by atoms with Crippen LogP contribution in [0.3, 0.4) is 0 Å². The summed E-state index contributed by atoms with van der Waals surface area (Å²) in [4.78, 5) is 11.4. The van der Waals surface area contributed by atoms with Crippen molar-refractivity contribution in [2.75, 3.05) is 0 Å². The zero-order chi connectivity index (χ0) is 14.0. The first-order valence-corrected chi connectivity index (χ1v) is 5.76. The van der Waals surface area contributed by atoms with Crippen LogP contribution in [0.5, 0.6) is 0 Å². The molecule has 0 amide bonds. The van der Waals surface area contributed by atoms with Crippen LogP contribution in [0.25, 0.3) is 0 Å². The number of hydrogen-bond acceptors (Lipinski definition) is 3. The summed E-state index contributed by atoms with van der Waals surface area (Å²) in [6, 6.07) is 6.17. The van der Waals surface area contributed by atoms with Crippen molar-refractivity contribution >= 4 is 0 Å². The molecule has 2 rings (SSSR count). The molecule has 0 aliphatic heterocycles. The summed E-state index contributed by atoms with van der Waals surface area (Å²) < 4.78 is 13.2. The SMILES string of the molecule is Cc1c(Cc2ccc(F)c(C#N)c2)n[nH]c(=O)c1C. The van der Waals surface area contributed by atoms with Gasteiger partial charge in [0.15, 0.2) is 0 Å². The molecule has 1 aromatic heterocycles. The molecule has 1 N–H and O–H groups in total. The standard InChI is InChI=1S/C14H12FN3O/c1-8-9(2)14(19)18-17-13(8)6-10-3-4-12(15)11(5-10)7-16/h3-5H,6H2,1-2H3,(H,18,19). The maximum atomic E-state index is 13.2. The van der Waals surface area contributed by atoms with Gasteiger partial charge in [0.05, 0.1) is 11.3 Å². The number of aromatic amines is 1. The Labute approximate surface area is 109 Å². The van der Waals surface area contributed by atoms with Gasteiger partial charge in [-0.2, -0.15) is 10.4 Å². The largest absolute Gasteiger partial charge is 0.268 e. The van der Waals surface area contributed by atoms with E-state index >= 15 is 0 Å². The molecule has 19 heavy (non-hydrogen) atoms. The van der Waals surface area contributed by atoms with Gasteiger partial charge < -0.3 is 0 Å². The summed E-state index contributed by atoms with van der Waals surface area (Å²) in [6.45, 7) is 3.55. The average molecular weight is 257 g/mol. The van der Waals surface area contributed by atoms with E-state index in [-0.39, 0.29) is 11.1 Å². The molecule has 0 bridgehead atoms. The van der Waals surface area contributed by atoms with E-state index in [0.717, 1.165) is 11.1 Å². The Balaban J connectivity index is 2.40. The highest BCUT2D eigenvalue weighted by Gasteiger charge is 2.09. The van der Waals surface area contributed by atoms with Crippen molar-refractivity contribution in [3.63, 3.8) is 0 Å². The van der Waals surface area contributed by atoms with Gasteiger partial charge in [-0.3, -0.25) is 4.79 Å². The topological polar surface area (TPSA) is 69.5 Å². The van der Waals surface area contributed by atoms with Crippen LogP contribution in [-0.2, 0) is 6.42 Å². The van der Waals surface area contributed by atoms with Crippen LogP contribution in [0, 0.1) is 31.0 Å². The van der Waals surface area contributed by atoms with Crippen LogP contribution in [0.15, 0.2) is 23.0 Å². The molecule has 0 saturated carbocycles. The predicted octanol–water partition coefficient (Wildman–Crippen LogP) is 1.99. The summed E-state index contributed by atoms with van der Waals surface area (Å²) >= 11 is 0. The van der Waals surface area contributed by atoms with Gasteiger partial charge in [-0.1, -0.05) is 6.07 Å². The van der Waals surface area contributed by atoms with Gasteiger partial charge in [-0.05, 0) is 37.1 Å². The number of halogens is 1. The summed E-state index contributed by atoms with van der Waals surface area (Å²) in [5.41, 5.74) is 2.72. The Hall–Kier alpha value is -2.48. The van der Waals surface area contributed by atoms with Gasteiger partial charge in [0, 0.05) is 12.0 Å². The first-order valence-electron chi connectivity index (χ1n) is 5.76. The zero-order valence-electron chi connectivity index (χ0n) is 10.6. The Kier molecular flexibility index (Phi) is 3.43. The zero-order valence-corrected chi connectivity index (χ0v) is 10.6. The van der Waals surface area contributed by atoms with E-state index in [2.05, 4.69) is 10.2 Å². The Morgan fingerprint density at radius 1 is 1.37 bits per heavy atom. The van der Waals surface area contributed by atoms with Crippen molar-refractivity contribution in [2.24, 2.45) is 0 Å². The number of benzene rings is 1. The Morgan fingerprint density at radius 3 is 2.79 bits per heavy atom. The molecule has 4 nitrogen and oxygen atoms in total. The second kappa shape index (κ2) is 5.02. The van der Waals surface area contributed by atoms with Gasteiger partial charge in [0.25, 0.3) is 5.56 Å². The van der Waals surface area contributed by atoms with E-state index in [9.17, 15) is 9.18 Å². The second-order valence-corrected chi connectivity index (χ2v) is 4.35. The number of nitrogens with zero attached hydrogens (tertiary/aromatic N) is 2. The molecule has 0 aliphatic rings. The monoisotopic (exact) mass is 257 g/mol. The lowest BCUT2D eigenvalue weighted by Crippen LogP contribution is -2.16. The predicted molar refractivity (Wildman–Crippen MR) is 68.3 cm³/mol. The molecule has 0 spiro atoms. The molecule has 0 fully saturated rings. The van der Waals surface area contributed by atoms with Crippen LogP contribution in [0.1, 0.15) is 27.9 Å². The molecular weight excluding hydrogens is 245 g/mol. The van der Waals surface area contributed by atoms with Crippen LogP contribution in [-0.4, -0.2) is 10.2 Å². The molecule has 2 aromatic rings. The minimum atomic E-state index is -0.534. The highest BCUT2D eigenvalue weighted by molar-refractivity contribution is 5.37. The number of hydrogen-bond donors (Lipinski definition) is 1. The van der Waals surface area contributed by atoms with E-state index in [0.29, 0.717) is 17.7 Å². The molecule has 0 aliphatic carbocycles. The number of nitriles is 1. The highest BCUT2D eigenvalue weighted by Crippen LogP contribution is 2.15. The van der Waals surface area contributed by atoms with Gasteiger partial charge in [0.2, 0.25) is 0 Å². The summed E-state index contributed by atoms with van der Waals surface area (Å²) in [7, 11) is 0. The summed E-state index contributed by atoms with van der Waals surface area (Å²) in [5, 5.41) is 15.2. The van der Waals surface area contributed by atoms with Crippen molar-refractivity contribution in [3.05, 3.63) is 62.3 Å². The van der Waals surface area contributed by atoms with Crippen LogP contribution >= 0.6 is 0 Å². The third kappa shape index (κ3) is 2.52. The lowest BCUT2D eigenvalue weighted by molar-refractivity contribution is 0.623. The Morgan fingerprint density at radius 2 is 2.11 bits per heavy atom. The maximum absolute atomic E-state index is 13.2. The highest BCUT2D eigenvalue weighted by atomic mass is 19.1. The second-order valence-electron chi connectivity index (χ2n) is 4.35. The fourth-order valence-electron chi connectivity index (χ4n) is 1.81. The fraction of sp³-hybridized carbons (Fsp3) is 0.214. The Bertz CT molecular complexity index is 728.